The highest BCUT2D eigenvalue weighted by Crippen LogP contribution is 2.28. The number of carbonyl (C=O) groups is 1. The molecule has 0 bridgehead atoms. The first-order valence-electron chi connectivity index (χ1n) is 10.7. The molecule has 1 aliphatic heterocycles. The van der Waals surface area contributed by atoms with E-state index >= 15 is 0 Å². The third kappa shape index (κ3) is 4.25. The Morgan fingerprint density at radius 2 is 2.11 bits per heavy atom. The molecule has 2 unspecified atom stereocenters. The zero-order chi connectivity index (χ0) is 19.3. The molecule has 2 heterocycles. The standard InChI is InChI=1S/C23H31N3O2/c1-2-26(23(27)21-15-22-20(25-21)12-7-13-28-22)19-11-6-10-18(14-19)24-16-17-8-4-3-5-9-17/h3-5,8-9,15,18-19,24-25H,2,6-7,10-14,16H2,1H3. The molecule has 1 amide bonds. The summed E-state index contributed by atoms with van der Waals surface area (Å²) in [5.41, 5.74) is 3.05. The second-order valence-corrected chi connectivity index (χ2v) is 7.95. The van der Waals surface area contributed by atoms with Crippen LogP contribution in [0.2, 0.25) is 0 Å². The van der Waals surface area contributed by atoms with Crippen LogP contribution in [-0.2, 0) is 13.0 Å². The van der Waals surface area contributed by atoms with Gasteiger partial charge in [-0.3, -0.25) is 4.79 Å². The number of fused-ring (bicyclic) bond motifs is 1. The van der Waals surface area contributed by atoms with E-state index in [9.17, 15) is 4.79 Å². The van der Waals surface area contributed by atoms with Crippen LogP contribution in [0.3, 0.4) is 0 Å². The van der Waals surface area contributed by atoms with Gasteiger partial charge in [-0.15, -0.1) is 0 Å². The predicted molar refractivity (Wildman–Crippen MR) is 111 cm³/mol. The van der Waals surface area contributed by atoms with Gasteiger partial charge in [-0.05, 0) is 51.0 Å². The minimum Gasteiger partial charge on any atom is -0.492 e. The SMILES string of the molecule is CCN(C(=O)c1cc2c([nH]1)CCCO2)C1CCCC(NCc2ccccc2)C1. The van der Waals surface area contributed by atoms with Crippen molar-refractivity contribution in [2.45, 2.75) is 64.1 Å². The Morgan fingerprint density at radius 3 is 2.89 bits per heavy atom. The van der Waals surface area contributed by atoms with Crippen molar-refractivity contribution >= 4 is 5.91 Å². The van der Waals surface area contributed by atoms with Crippen molar-refractivity contribution in [3.8, 4) is 5.75 Å². The molecule has 2 N–H and O–H groups in total. The number of benzene rings is 1. The number of rotatable bonds is 6. The molecule has 1 aliphatic carbocycles. The average molecular weight is 382 g/mol. The summed E-state index contributed by atoms with van der Waals surface area (Å²) >= 11 is 0. The smallest absolute Gasteiger partial charge is 0.270 e. The summed E-state index contributed by atoms with van der Waals surface area (Å²) in [5, 5.41) is 3.70. The minimum absolute atomic E-state index is 0.106. The highest BCUT2D eigenvalue weighted by molar-refractivity contribution is 5.93. The van der Waals surface area contributed by atoms with Crippen molar-refractivity contribution in [3.63, 3.8) is 0 Å². The number of aromatic nitrogens is 1. The molecule has 2 atom stereocenters. The molecule has 4 rings (SSSR count). The lowest BCUT2D eigenvalue weighted by molar-refractivity contribution is 0.0622. The lowest BCUT2D eigenvalue weighted by Gasteiger charge is -2.37. The first-order chi connectivity index (χ1) is 13.7. The van der Waals surface area contributed by atoms with E-state index in [-0.39, 0.29) is 5.91 Å². The van der Waals surface area contributed by atoms with Crippen LogP contribution in [0.1, 0.15) is 60.8 Å². The molecule has 1 aromatic heterocycles. The zero-order valence-corrected chi connectivity index (χ0v) is 16.7. The fraction of sp³-hybridized carbons (Fsp3) is 0.522. The Morgan fingerprint density at radius 1 is 1.25 bits per heavy atom. The van der Waals surface area contributed by atoms with Crippen molar-refractivity contribution in [3.05, 3.63) is 53.3 Å². The number of aryl methyl sites for hydroxylation is 1. The van der Waals surface area contributed by atoms with Crippen molar-refractivity contribution < 1.29 is 9.53 Å². The van der Waals surface area contributed by atoms with Crippen LogP contribution in [-0.4, -0.2) is 41.0 Å². The molecule has 5 heteroatoms. The van der Waals surface area contributed by atoms with Gasteiger partial charge in [0, 0.05) is 31.2 Å². The number of ether oxygens (including phenoxy) is 1. The van der Waals surface area contributed by atoms with Gasteiger partial charge >= 0.3 is 0 Å². The van der Waals surface area contributed by atoms with Gasteiger partial charge in [0.25, 0.3) is 5.91 Å². The molecular weight excluding hydrogens is 350 g/mol. The summed E-state index contributed by atoms with van der Waals surface area (Å²) in [7, 11) is 0. The van der Waals surface area contributed by atoms with Crippen LogP contribution in [0.25, 0.3) is 0 Å². The van der Waals surface area contributed by atoms with Gasteiger partial charge in [0.1, 0.15) is 11.4 Å². The van der Waals surface area contributed by atoms with Crippen LogP contribution < -0.4 is 10.1 Å². The monoisotopic (exact) mass is 381 g/mol. The molecule has 28 heavy (non-hydrogen) atoms. The van der Waals surface area contributed by atoms with E-state index in [0.29, 0.717) is 17.8 Å². The molecule has 5 nitrogen and oxygen atoms in total. The highest BCUT2D eigenvalue weighted by atomic mass is 16.5. The zero-order valence-electron chi connectivity index (χ0n) is 16.7. The van der Waals surface area contributed by atoms with Gasteiger partial charge in [-0.2, -0.15) is 0 Å². The Balaban J connectivity index is 1.39. The quantitative estimate of drug-likeness (QED) is 0.798. The number of H-pyrrole nitrogens is 1. The van der Waals surface area contributed by atoms with E-state index in [1.54, 1.807) is 0 Å². The van der Waals surface area contributed by atoms with Crippen LogP contribution in [0, 0.1) is 0 Å². The molecule has 0 spiro atoms. The largest absolute Gasteiger partial charge is 0.492 e. The molecular formula is C23H31N3O2. The number of amides is 1. The van der Waals surface area contributed by atoms with Crippen molar-refractivity contribution in [1.29, 1.82) is 0 Å². The summed E-state index contributed by atoms with van der Waals surface area (Å²) in [5.74, 6) is 0.964. The Hall–Kier alpha value is -2.27. The van der Waals surface area contributed by atoms with Gasteiger partial charge < -0.3 is 19.9 Å². The summed E-state index contributed by atoms with van der Waals surface area (Å²) in [6.45, 7) is 4.45. The molecule has 2 aromatic rings. The molecule has 150 valence electrons. The summed E-state index contributed by atoms with van der Waals surface area (Å²) in [6, 6.07) is 13.2. The first kappa shape index (κ1) is 19.1. The van der Waals surface area contributed by atoms with E-state index in [0.717, 1.165) is 63.2 Å². The molecule has 1 saturated carbocycles. The van der Waals surface area contributed by atoms with Crippen LogP contribution in [0.4, 0.5) is 0 Å². The predicted octanol–water partition coefficient (Wildman–Crippen LogP) is 3.90. The molecule has 1 aromatic carbocycles. The highest BCUT2D eigenvalue weighted by Gasteiger charge is 2.30. The number of nitrogens with zero attached hydrogens (tertiary/aromatic N) is 1. The lowest BCUT2D eigenvalue weighted by Crippen LogP contribution is -2.46. The molecule has 0 saturated heterocycles. The maximum absolute atomic E-state index is 13.2. The van der Waals surface area contributed by atoms with E-state index in [4.69, 9.17) is 4.74 Å². The maximum atomic E-state index is 13.2. The van der Waals surface area contributed by atoms with Gasteiger partial charge in [0.05, 0.1) is 12.3 Å². The third-order valence-electron chi connectivity index (χ3n) is 6.04. The summed E-state index contributed by atoms with van der Waals surface area (Å²) in [4.78, 5) is 18.6. The Bertz CT molecular complexity index is 763. The number of aromatic amines is 1. The van der Waals surface area contributed by atoms with Gasteiger partial charge in [-0.25, -0.2) is 0 Å². The lowest BCUT2D eigenvalue weighted by atomic mass is 9.89. The number of hydrogen-bond acceptors (Lipinski definition) is 3. The number of nitrogens with one attached hydrogen (secondary N) is 2. The number of hydrogen-bond donors (Lipinski definition) is 2. The normalized spacial score (nSPS) is 21.6. The van der Waals surface area contributed by atoms with E-state index in [2.05, 4.69) is 41.5 Å². The molecule has 1 fully saturated rings. The Kier molecular flexibility index (Phi) is 6.01. The fourth-order valence-corrected chi connectivity index (χ4v) is 4.55. The van der Waals surface area contributed by atoms with Crippen LogP contribution in [0.15, 0.2) is 36.4 Å². The van der Waals surface area contributed by atoms with Crippen molar-refractivity contribution in [2.24, 2.45) is 0 Å². The minimum atomic E-state index is 0.106. The topological polar surface area (TPSA) is 57.4 Å². The van der Waals surface area contributed by atoms with E-state index < -0.39 is 0 Å². The van der Waals surface area contributed by atoms with Crippen molar-refractivity contribution in [1.82, 2.24) is 15.2 Å². The van der Waals surface area contributed by atoms with E-state index in [1.165, 1.54) is 12.0 Å². The van der Waals surface area contributed by atoms with Gasteiger partial charge in [0.15, 0.2) is 0 Å². The summed E-state index contributed by atoms with van der Waals surface area (Å²) in [6.07, 6.45) is 6.41. The second kappa shape index (κ2) is 8.82. The fourth-order valence-electron chi connectivity index (χ4n) is 4.55. The molecule has 2 aliphatic rings. The Labute approximate surface area is 167 Å². The maximum Gasteiger partial charge on any atom is 0.270 e. The van der Waals surface area contributed by atoms with Gasteiger partial charge in [0.2, 0.25) is 0 Å². The third-order valence-corrected chi connectivity index (χ3v) is 6.04. The van der Waals surface area contributed by atoms with Crippen molar-refractivity contribution in [2.75, 3.05) is 13.2 Å². The van der Waals surface area contributed by atoms with E-state index in [1.807, 2.05) is 17.0 Å². The first-order valence-corrected chi connectivity index (χ1v) is 10.7. The molecule has 0 radical (unpaired) electrons. The number of carbonyl (C=O) groups excluding carboxylic acids is 1. The second-order valence-electron chi connectivity index (χ2n) is 7.95. The summed E-state index contributed by atoms with van der Waals surface area (Å²) < 4.78 is 5.69. The van der Waals surface area contributed by atoms with Gasteiger partial charge in [-0.1, -0.05) is 30.3 Å². The van der Waals surface area contributed by atoms with Crippen LogP contribution in [0.5, 0.6) is 5.75 Å². The van der Waals surface area contributed by atoms with Crippen LogP contribution >= 0.6 is 0 Å². The average Bonchev–Trinajstić information content (AvgIpc) is 3.18.